The number of amides is 1. The Bertz CT molecular complexity index is 546. The maximum Gasteiger partial charge on any atom is 0.275 e. The van der Waals surface area contributed by atoms with E-state index in [4.69, 9.17) is 11.6 Å². The van der Waals surface area contributed by atoms with Gasteiger partial charge in [0, 0.05) is 6.20 Å². The molecule has 0 saturated heterocycles. The molecule has 0 spiro atoms. The molecule has 0 unspecified atom stereocenters. The second-order valence-electron chi connectivity index (χ2n) is 3.02. The van der Waals surface area contributed by atoms with Crippen molar-refractivity contribution in [1.29, 1.82) is 0 Å². The minimum absolute atomic E-state index is 0.185. The number of hydrogen-bond donors (Lipinski definition) is 1. The average molecular weight is 314 g/mol. The van der Waals surface area contributed by atoms with Gasteiger partial charge in [-0.2, -0.15) is 0 Å². The number of nitrogens with zero attached hydrogens (tertiary/aromatic N) is 3. The Labute approximate surface area is 110 Å². The number of hydrogen-bond acceptors (Lipinski definition) is 4. The smallest absolute Gasteiger partial charge is 0.275 e. The molecule has 0 radical (unpaired) electrons. The molecule has 86 valence electrons. The number of aromatic nitrogens is 3. The number of anilines is 1. The number of carbonyl (C=O) groups is 1. The molecule has 2 aromatic heterocycles. The summed E-state index contributed by atoms with van der Waals surface area (Å²) in [6, 6.07) is 3.44. The topological polar surface area (TPSA) is 67.8 Å². The Hall–Kier alpha value is -1.53. The average Bonchev–Trinajstić information content (AvgIpc) is 2.33. The molecule has 0 aromatic carbocycles. The van der Waals surface area contributed by atoms with Gasteiger partial charge in [-0.15, -0.1) is 0 Å². The molecular formula is C10H6BrClN4O. The summed E-state index contributed by atoms with van der Waals surface area (Å²) in [6.07, 6.45) is 4.23. The Morgan fingerprint density at radius 2 is 2.12 bits per heavy atom. The SMILES string of the molecule is O=C(Nc1cccnc1Br)c1cnc(Cl)cn1. The maximum absolute atomic E-state index is 11.8. The van der Waals surface area contributed by atoms with Crippen LogP contribution in [0.15, 0.2) is 35.3 Å². The Morgan fingerprint density at radius 3 is 2.76 bits per heavy atom. The highest BCUT2D eigenvalue weighted by molar-refractivity contribution is 9.10. The van der Waals surface area contributed by atoms with Gasteiger partial charge < -0.3 is 5.32 Å². The van der Waals surface area contributed by atoms with Gasteiger partial charge in [-0.3, -0.25) is 4.79 Å². The lowest BCUT2D eigenvalue weighted by molar-refractivity contribution is 0.102. The van der Waals surface area contributed by atoms with Crippen LogP contribution in [0.2, 0.25) is 5.15 Å². The van der Waals surface area contributed by atoms with E-state index in [9.17, 15) is 4.79 Å². The molecule has 2 aromatic rings. The molecule has 7 heteroatoms. The third-order valence-corrected chi connectivity index (χ3v) is 2.69. The number of rotatable bonds is 2. The second kappa shape index (κ2) is 5.20. The number of pyridine rings is 1. The summed E-state index contributed by atoms with van der Waals surface area (Å²) < 4.78 is 0.551. The van der Waals surface area contributed by atoms with Crippen molar-refractivity contribution in [2.45, 2.75) is 0 Å². The highest BCUT2D eigenvalue weighted by Gasteiger charge is 2.10. The van der Waals surface area contributed by atoms with Crippen molar-refractivity contribution in [2.75, 3.05) is 5.32 Å². The highest BCUT2D eigenvalue weighted by atomic mass is 79.9. The quantitative estimate of drug-likeness (QED) is 0.865. The fourth-order valence-electron chi connectivity index (χ4n) is 1.10. The van der Waals surface area contributed by atoms with Gasteiger partial charge in [0.05, 0.1) is 18.1 Å². The fraction of sp³-hybridized carbons (Fsp3) is 0. The molecule has 17 heavy (non-hydrogen) atoms. The first kappa shape index (κ1) is 11.9. The summed E-state index contributed by atoms with van der Waals surface area (Å²) in [6.45, 7) is 0. The highest BCUT2D eigenvalue weighted by Crippen LogP contribution is 2.18. The van der Waals surface area contributed by atoms with E-state index in [0.717, 1.165) is 0 Å². The Kier molecular flexibility index (Phi) is 3.65. The van der Waals surface area contributed by atoms with Crippen LogP contribution in [-0.2, 0) is 0 Å². The molecule has 0 aliphatic carbocycles. The van der Waals surface area contributed by atoms with Gasteiger partial charge in [-0.25, -0.2) is 15.0 Å². The second-order valence-corrected chi connectivity index (χ2v) is 4.16. The summed E-state index contributed by atoms with van der Waals surface area (Å²) in [4.78, 5) is 23.4. The van der Waals surface area contributed by atoms with Gasteiger partial charge in [-0.05, 0) is 28.1 Å². The van der Waals surface area contributed by atoms with Gasteiger partial charge in [0.2, 0.25) is 0 Å². The molecule has 0 fully saturated rings. The van der Waals surface area contributed by atoms with Gasteiger partial charge in [0.15, 0.2) is 0 Å². The lowest BCUT2D eigenvalue weighted by Gasteiger charge is -2.05. The molecule has 1 amide bonds. The summed E-state index contributed by atoms with van der Waals surface area (Å²) in [5.74, 6) is -0.372. The minimum Gasteiger partial charge on any atom is -0.318 e. The summed E-state index contributed by atoms with van der Waals surface area (Å²) in [7, 11) is 0. The number of nitrogens with one attached hydrogen (secondary N) is 1. The summed E-state index contributed by atoms with van der Waals surface area (Å²) in [5, 5.41) is 2.89. The van der Waals surface area contributed by atoms with E-state index in [1.54, 1.807) is 18.3 Å². The first-order valence-corrected chi connectivity index (χ1v) is 5.73. The monoisotopic (exact) mass is 312 g/mol. The van der Waals surface area contributed by atoms with Crippen LogP contribution in [0.25, 0.3) is 0 Å². The maximum atomic E-state index is 11.8. The Morgan fingerprint density at radius 1 is 1.29 bits per heavy atom. The van der Waals surface area contributed by atoms with Crippen molar-refractivity contribution in [2.24, 2.45) is 0 Å². The zero-order chi connectivity index (χ0) is 12.3. The molecule has 0 saturated carbocycles. The van der Waals surface area contributed by atoms with Crippen LogP contribution in [-0.4, -0.2) is 20.9 Å². The van der Waals surface area contributed by atoms with Crippen molar-refractivity contribution in [3.63, 3.8) is 0 Å². The summed E-state index contributed by atoms with van der Waals surface area (Å²) >= 11 is 8.80. The molecule has 0 atom stereocenters. The number of carbonyl (C=O) groups excluding carboxylic acids is 1. The van der Waals surface area contributed by atoms with Crippen LogP contribution in [0.5, 0.6) is 0 Å². The first-order chi connectivity index (χ1) is 8.16. The Balaban J connectivity index is 2.17. The van der Waals surface area contributed by atoms with E-state index in [2.05, 4.69) is 36.2 Å². The van der Waals surface area contributed by atoms with E-state index in [0.29, 0.717) is 10.3 Å². The third kappa shape index (κ3) is 2.98. The van der Waals surface area contributed by atoms with Crippen LogP contribution in [0, 0.1) is 0 Å². The predicted octanol–water partition coefficient (Wildman–Crippen LogP) is 2.54. The van der Waals surface area contributed by atoms with Crippen LogP contribution < -0.4 is 5.32 Å². The molecule has 1 N–H and O–H groups in total. The lowest BCUT2D eigenvalue weighted by atomic mass is 10.3. The third-order valence-electron chi connectivity index (χ3n) is 1.86. The van der Waals surface area contributed by atoms with Crippen molar-refractivity contribution in [3.05, 3.63) is 46.2 Å². The predicted molar refractivity (Wildman–Crippen MR) is 66.9 cm³/mol. The molecule has 0 aliphatic rings. The minimum atomic E-state index is -0.372. The molecule has 0 bridgehead atoms. The molecular weight excluding hydrogens is 307 g/mol. The zero-order valence-corrected chi connectivity index (χ0v) is 10.7. The van der Waals surface area contributed by atoms with E-state index >= 15 is 0 Å². The zero-order valence-electron chi connectivity index (χ0n) is 8.39. The molecule has 0 aliphatic heterocycles. The number of halogens is 2. The normalized spacial score (nSPS) is 10.0. The van der Waals surface area contributed by atoms with Crippen molar-refractivity contribution in [3.8, 4) is 0 Å². The molecule has 2 heterocycles. The van der Waals surface area contributed by atoms with Crippen LogP contribution in [0.4, 0.5) is 5.69 Å². The van der Waals surface area contributed by atoms with Crippen molar-refractivity contribution < 1.29 is 4.79 Å². The van der Waals surface area contributed by atoms with Crippen LogP contribution in [0.1, 0.15) is 10.5 Å². The van der Waals surface area contributed by atoms with Gasteiger partial charge in [0.1, 0.15) is 15.5 Å². The van der Waals surface area contributed by atoms with Crippen LogP contribution >= 0.6 is 27.5 Å². The van der Waals surface area contributed by atoms with Gasteiger partial charge in [0.25, 0.3) is 5.91 Å². The van der Waals surface area contributed by atoms with E-state index in [1.165, 1.54) is 12.4 Å². The van der Waals surface area contributed by atoms with Crippen molar-refractivity contribution in [1.82, 2.24) is 15.0 Å². The van der Waals surface area contributed by atoms with Gasteiger partial charge >= 0.3 is 0 Å². The van der Waals surface area contributed by atoms with E-state index in [1.807, 2.05) is 0 Å². The molecule has 5 nitrogen and oxygen atoms in total. The first-order valence-electron chi connectivity index (χ1n) is 4.56. The fourth-order valence-corrected chi connectivity index (χ4v) is 1.54. The van der Waals surface area contributed by atoms with E-state index < -0.39 is 0 Å². The summed E-state index contributed by atoms with van der Waals surface area (Å²) in [5.41, 5.74) is 0.749. The largest absolute Gasteiger partial charge is 0.318 e. The van der Waals surface area contributed by atoms with Gasteiger partial charge in [-0.1, -0.05) is 11.6 Å². The standard InChI is InChI=1S/C10H6BrClN4O/c11-9-6(2-1-3-13-9)16-10(17)7-4-15-8(12)5-14-7/h1-5H,(H,16,17). The molecule has 2 rings (SSSR count). The van der Waals surface area contributed by atoms with Crippen LogP contribution in [0.3, 0.4) is 0 Å². The lowest BCUT2D eigenvalue weighted by Crippen LogP contribution is -2.14. The van der Waals surface area contributed by atoms with E-state index in [-0.39, 0.29) is 16.8 Å². The van der Waals surface area contributed by atoms with Crippen molar-refractivity contribution >= 4 is 39.1 Å².